The Hall–Kier alpha value is -3.22. The monoisotopic (exact) mass is 355 g/mol. The van der Waals surface area contributed by atoms with Gasteiger partial charge in [0, 0.05) is 12.6 Å². The summed E-state index contributed by atoms with van der Waals surface area (Å²) >= 11 is 0. The van der Waals surface area contributed by atoms with Gasteiger partial charge in [0.1, 0.15) is 12.4 Å². The summed E-state index contributed by atoms with van der Waals surface area (Å²) in [5.41, 5.74) is 1.45. The van der Waals surface area contributed by atoms with Crippen LogP contribution in [-0.2, 0) is 11.3 Å². The minimum Gasteiger partial charge on any atom is -0.388 e. The molecule has 3 aromatic rings. The number of benzene rings is 2. The number of aromatic nitrogens is 2. The zero-order valence-electron chi connectivity index (χ0n) is 14.4. The number of hydrogen-bond donors (Lipinski definition) is 0. The van der Waals surface area contributed by atoms with E-state index in [1.807, 2.05) is 37.3 Å². The van der Waals surface area contributed by atoms with Crippen LogP contribution in [0.1, 0.15) is 18.5 Å². The van der Waals surface area contributed by atoms with Gasteiger partial charge in [-0.3, -0.25) is 4.79 Å². The maximum atomic E-state index is 13.0. The average molecular weight is 355 g/mol. The summed E-state index contributed by atoms with van der Waals surface area (Å²) in [7, 11) is 1.67. The van der Waals surface area contributed by atoms with Gasteiger partial charge in [-0.1, -0.05) is 30.3 Å². The molecule has 1 atom stereocenters. The number of rotatable bonds is 5. The van der Waals surface area contributed by atoms with Crippen molar-refractivity contribution in [3.8, 4) is 11.5 Å². The summed E-state index contributed by atoms with van der Waals surface area (Å²) in [5.74, 6) is -1.37. The van der Waals surface area contributed by atoms with Crippen molar-refractivity contribution >= 4 is 5.91 Å². The Morgan fingerprint density at radius 2 is 1.85 bits per heavy atom. The first-order valence-electron chi connectivity index (χ1n) is 8.10. The highest BCUT2D eigenvalue weighted by Gasteiger charge is 2.20. The third-order valence-corrected chi connectivity index (χ3v) is 4.24. The van der Waals surface area contributed by atoms with Crippen molar-refractivity contribution in [1.29, 1.82) is 0 Å². The van der Waals surface area contributed by atoms with Gasteiger partial charge in [0.15, 0.2) is 0 Å². The number of carbonyl (C=O) groups excluding carboxylic acids is 1. The minimum atomic E-state index is -0.738. The van der Waals surface area contributed by atoms with Crippen LogP contribution in [0.15, 0.2) is 63.8 Å². The number of nitrogens with zero attached hydrogens (tertiary/aromatic N) is 3. The molecule has 0 radical (unpaired) electrons. The Morgan fingerprint density at radius 1 is 1.19 bits per heavy atom. The summed E-state index contributed by atoms with van der Waals surface area (Å²) < 4.78 is 19.0. The first kappa shape index (κ1) is 17.6. The molecule has 0 N–H and O–H groups in total. The third kappa shape index (κ3) is 3.72. The van der Waals surface area contributed by atoms with Crippen LogP contribution >= 0.6 is 0 Å². The van der Waals surface area contributed by atoms with Crippen LogP contribution in [-0.4, -0.2) is 27.6 Å². The van der Waals surface area contributed by atoms with Crippen LogP contribution in [0, 0.1) is 5.82 Å². The molecule has 1 amide bonds. The molecule has 7 heteroatoms. The lowest BCUT2D eigenvalue weighted by Crippen LogP contribution is -2.35. The van der Waals surface area contributed by atoms with E-state index in [2.05, 4.69) is 5.10 Å². The molecule has 0 aliphatic rings. The number of amides is 1. The maximum absolute atomic E-state index is 13.0. The summed E-state index contributed by atoms with van der Waals surface area (Å²) in [6, 6.07) is 14.8. The van der Waals surface area contributed by atoms with Crippen molar-refractivity contribution in [2.24, 2.45) is 0 Å². The predicted molar refractivity (Wildman–Crippen MR) is 93.8 cm³/mol. The minimum absolute atomic E-state index is 0.0431. The lowest BCUT2D eigenvalue weighted by Gasteiger charge is -2.25. The van der Waals surface area contributed by atoms with Crippen LogP contribution in [0.5, 0.6) is 0 Å². The molecule has 0 aliphatic heterocycles. The normalized spacial score (nSPS) is 12.0. The molecule has 1 heterocycles. The summed E-state index contributed by atoms with van der Waals surface area (Å²) in [6.45, 7) is 1.67. The first-order valence-corrected chi connectivity index (χ1v) is 8.10. The zero-order chi connectivity index (χ0) is 18.7. The second kappa shape index (κ2) is 7.35. The van der Waals surface area contributed by atoms with Gasteiger partial charge in [-0.15, -0.1) is 5.10 Å². The van der Waals surface area contributed by atoms with Crippen molar-refractivity contribution < 1.29 is 13.6 Å². The van der Waals surface area contributed by atoms with E-state index in [0.717, 1.165) is 10.2 Å². The Balaban J connectivity index is 1.75. The lowest BCUT2D eigenvalue weighted by molar-refractivity contribution is -0.132. The van der Waals surface area contributed by atoms with E-state index in [1.165, 1.54) is 24.3 Å². The smallest absolute Gasteiger partial charge is 0.388 e. The Labute approximate surface area is 149 Å². The van der Waals surface area contributed by atoms with Crippen LogP contribution in [0.4, 0.5) is 4.39 Å². The van der Waals surface area contributed by atoms with Crippen LogP contribution in [0.3, 0.4) is 0 Å². The maximum Gasteiger partial charge on any atom is 0.437 e. The lowest BCUT2D eigenvalue weighted by atomic mass is 10.1. The molecule has 0 bridgehead atoms. The standard InChI is InChI=1S/C19H18FN3O3/c1-13(14-6-4-3-5-7-14)22(2)17(24)12-23-19(25)26-18(21-23)15-8-10-16(20)11-9-15/h3-11,13H,12H2,1-2H3/t13-/m1/s1. The van der Waals surface area contributed by atoms with Crippen LogP contribution in [0.2, 0.25) is 0 Å². The fraction of sp³-hybridized carbons (Fsp3) is 0.211. The van der Waals surface area contributed by atoms with Crippen molar-refractivity contribution in [1.82, 2.24) is 14.7 Å². The summed E-state index contributed by atoms with van der Waals surface area (Å²) in [5, 5.41) is 4.03. The molecule has 0 saturated heterocycles. The van der Waals surface area contributed by atoms with E-state index >= 15 is 0 Å². The molecule has 26 heavy (non-hydrogen) atoms. The Morgan fingerprint density at radius 3 is 2.50 bits per heavy atom. The van der Waals surface area contributed by atoms with Gasteiger partial charge < -0.3 is 9.32 Å². The SMILES string of the molecule is C[C@H](c1ccccc1)N(C)C(=O)Cn1nc(-c2ccc(F)cc2)oc1=O. The molecular formula is C19H18FN3O3. The van der Waals surface area contributed by atoms with E-state index in [1.54, 1.807) is 11.9 Å². The second-order valence-electron chi connectivity index (χ2n) is 5.93. The highest BCUT2D eigenvalue weighted by Crippen LogP contribution is 2.19. The van der Waals surface area contributed by atoms with E-state index in [0.29, 0.717) is 5.56 Å². The molecule has 0 saturated carbocycles. The van der Waals surface area contributed by atoms with E-state index < -0.39 is 11.6 Å². The molecule has 0 spiro atoms. The predicted octanol–water partition coefficient (Wildman–Crippen LogP) is 2.86. The molecule has 0 unspecified atom stereocenters. The fourth-order valence-corrected chi connectivity index (χ4v) is 2.53. The van der Waals surface area contributed by atoms with Gasteiger partial charge >= 0.3 is 5.76 Å². The van der Waals surface area contributed by atoms with Gasteiger partial charge in [0.05, 0.1) is 6.04 Å². The van der Waals surface area contributed by atoms with Crippen molar-refractivity contribution in [2.75, 3.05) is 7.05 Å². The first-order chi connectivity index (χ1) is 12.5. The molecule has 2 aromatic carbocycles. The molecular weight excluding hydrogens is 337 g/mol. The van der Waals surface area contributed by atoms with Crippen molar-refractivity contribution in [3.05, 3.63) is 76.5 Å². The molecule has 3 rings (SSSR count). The Kier molecular flexibility index (Phi) is 4.97. The van der Waals surface area contributed by atoms with Gasteiger partial charge in [0.2, 0.25) is 11.8 Å². The van der Waals surface area contributed by atoms with Crippen molar-refractivity contribution in [2.45, 2.75) is 19.5 Å². The average Bonchev–Trinajstić information content (AvgIpc) is 3.02. The van der Waals surface area contributed by atoms with Crippen LogP contribution < -0.4 is 5.76 Å². The largest absolute Gasteiger partial charge is 0.437 e. The molecule has 6 nitrogen and oxygen atoms in total. The fourth-order valence-electron chi connectivity index (χ4n) is 2.53. The van der Waals surface area contributed by atoms with E-state index in [9.17, 15) is 14.0 Å². The van der Waals surface area contributed by atoms with E-state index in [4.69, 9.17) is 4.42 Å². The Bertz CT molecular complexity index is 948. The van der Waals surface area contributed by atoms with Crippen LogP contribution in [0.25, 0.3) is 11.5 Å². The number of hydrogen-bond acceptors (Lipinski definition) is 4. The molecule has 1 aromatic heterocycles. The van der Waals surface area contributed by atoms with Gasteiger partial charge in [-0.25, -0.2) is 9.18 Å². The quantitative estimate of drug-likeness (QED) is 0.706. The third-order valence-electron chi connectivity index (χ3n) is 4.24. The topological polar surface area (TPSA) is 68.3 Å². The van der Waals surface area contributed by atoms with Gasteiger partial charge in [-0.05, 0) is 36.8 Å². The van der Waals surface area contributed by atoms with Gasteiger partial charge in [0.25, 0.3) is 0 Å². The molecule has 134 valence electrons. The van der Waals surface area contributed by atoms with Crippen molar-refractivity contribution in [3.63, 3.8) is 0 Å². The highest BCUT2D eigenvalue weighted by atomic mass is 19.1. The van der Waals surface area contributed by atoms with E-state index in [-0.39, 0.29) is 24.4 Å². The molecule has 0 fully saturated rings. The molecule has 0 aliphatic carbocycles. The summed E-state index contributed by atoms with van der Waals surface area (Å²) in [4.78, 5) is 26.0. The second-order valence-corrected chi connectivity index (χ2v) is 5.93. The zero-order valence-corrected chi connectivity index (χ0v) is 14.4. The number of halogens is 1. The highest BCUT2D eigenvalue weighted by molar-refractivity contribution is 5.76. The number of carbonyl (C=O) groups is 1. The number of likely N-dealkylation sites (N-methyl/N-ethyl adjacent to an activating group) is 1. The summed E-state index contributed by atoms with van der Waals surface area (Å²) in [6.07, 6.45) is 0. The van der Waals surface area contributed by atoms with Gasteiger partial charge in [-0.2, -0.15) is 4.68 Å².